The number of aromatic nitrogens is 4. The smallest absolute Gasteiger partial charge is 0.404 e. The summed E-state index contributed by atoms with van der Waals surface area (Å²) in [6, 6.07) is 1.88. The summed E-state index contributed by atoms with van der Waals surface area (Å²) in [7, 11) is 1.35. The van der Waals surface area contributed by atoms with Crippen LogP contribution >= 0.6 is 11.6 Å². The van der Waals surface area contributed by atoms with Gasteiger partial charge in [-0.3, -0.25) is 14.9 Å². The molecule has 29 heavy (non-hydrogen) atoms. The molecule has 1 aromatic heterocycles. The highest BCUT2D eigenvalue weighted by molar-refractivity contribution is 6.37. The van der Waals surface area contributed by atoms with Gasteiger partial charge >= 0.3 is 6.36 Å². The molecule has 0 saturated heterocycles. The number of hydrogen-bond donors (Lipinski definition) is 2. The van der Waals surface area contributed by atoms with Gasteiger partial charge in [-0.2, -0.15) is 0 Å². The molecule has 1 heterocycles. The molecule has 0 spiro atoms. The second-order valence-corrected chi connectivity index (χ2v) is 5.79. The highest BCUT2D eigenvalue weighted by Gasteiger charge is 2.33. The molecule has 0 unspecified atom stereocenters. The first-order valence-corrected chi connectivity index (χ1v) is 8.48. The van der Waals surface area contributed by atoms with E-state index in [1.165, 1.54) is 11.8 Å². The van der Waals surface area contributed by atoms with Crippen molar-refractivity contribution in [1.82, 2.24) is 20.2 Å². The molecular weight excluding hydrogens is 421 g/mol. The second-order valence-electron chi connectivity index (χ2n) is 5.41. The number of carbonyl (C=O) groups is 2. The average Bonchev–Trinajstić information content (AvgIpc) is 3.08. The van der Waals surface area contributed by atoms with Crippen LogP contribution in [0.4, 0.5) is 24.8 Å². The van der Waals surface area contributed by atoms with E-state index in [1.807, 2.05) is 0 Å². The van der Waals surface area contributed by atoms with Gasteiger partial charge in [0.2, 0.25) is 11.9 Å². The number of ether oxygens (including phenoxy) is 2. The highest BCUT2D eigenvalue weighted by atomic mass is 35.5. The summed E-state index contributed by atoms with van der Waals surface area (Å²) < 4.78 is 48.0. The zero-order valence-corrected chi connectivity index (χ0v) is 16.0. The fourth-order valence-electron chi connectivity index (χ4n) is 2.13. The number of benzene rings is 1. The molecule has 0 fully saturated rings. The third-order valence-electron chi connectivity index (χ3n) is 3.43. The molecule has 10 nitrogen and oxygen atoms in total. The summed E-state index contributed by atoms with van der Waals surface area (Å²) in [4.78, 5) is 24.5. The lowest BCUT2D eigenvalue weighted by molar-refractivity contribution is -0.274. The van der Waals surface area contributed by atoms with E-state index >= 15 is 0 Å². The maximum Gasteiger partial charge on any atom is 0.573 e. The van der Waals surface area contributed by atoms with Crippen LogP contribution in [-0.4, -0.2) is 52.1 Å². The van der Waals surface area contributed by atoms with Crippen molar-refractivity contribution in [1.29, 1.82) is 0 Å². The van der Waals surface area contributed by atoms with E-state index in [0.29, 0.717) is 6.54 Å². The molecule has 0 aliphatic heterocycles. The van der Waals surface area contributed by atoms with E-state index in [4.69, 9.17) is 16.3 Å². The van der Waals surface area contributed by atoms with Crippen molar-refractivity contribution in [3.8, 4) is 5.75 Å². The van der Waals surface area contributed by atoms with Gasteiger partial charge in [0.15, 0.2) is 5.75 Å². The molecule has 1 aromatic carbocycles. The summed E-state index contributed by atoms with van der Waals surface area (Å²) in [5.74, 6) is -2.25. The van der Waals surface area contributed by atoms with Crippen LogP contribution in [0, 0.1) is 0 Å². The Hall–Kier alpha value is -2.93. The molecule has 2 N–H and O–H groups in total. The number of carbonyl (C=O) groups excluding carboxylic acids is 2. The fourth-order valence-corrected chi connectivity index (χ4v) is 2.42. The van der Waals surface area contributed by atoms with Gasteiger partial charge in [0.05, 0.1) is 23.6 Å². The number of nitrogens with zero attached hydrogens (tertiary/aromatic N) is 4. The Labute approximate surface area is 167 Å². The zero-order valence-electron chi connectivity index (χ0n) is 15.2. The number of amides is 2. The Morgan fingerprint density at radius 3 is 2.62 bits per heavy atom. The first-order chi connectivity index (χ1) is 13.7. The van der Waals surface area contributed by atoms with Crippen LogP contribution in [0.5, 0.6) is 5.75 Å². The van der Waals surface area contributed by atoms with E-state index < -0.39 is 34.6 Å². The first-order valence-electron chi connectivity index (χ1n) is 8.10. The molecule has 0 radical (unpaired) electrons. The SMILES string of the molecule is CCn1nnnc1NC(=O)c1ccc(OC(F)(F)F)c(NC(=O)CCOC)c1Cl. The normalized spacial score (nSPS) is 11.2. The van der Waals surface area contributed by atoms with Gasteiger partial charge in [-0.25, -0.2) is 4.68 Å². The summed E-state index contributed by atoms with van der Waals surface area (Å²) in [6.07, 6.45) is -5.19. The number of nitrogens with one attached hydrogen (secondary N) is 2. The number of methoxy groups -OCH3 is 1. The van der Waals surface area contributed by atoms with Gasteiger partial charge in [0, 0.05) is 13.7 Å². The molecule has 14 heteroatoms. The maximum absolute atomic E-state index is 12.7. The van der Waals surface area contributed by atoms with Crippen LogP contribution in [0.3, 0.4) is 0 Å². The quantitative estimate of drug-likeness (QED) is 0.652. The maximum atomic E-state index is 12.7. The van der Waals surface area contributed by atoms with Crippen molar-refractivity contribution in [3.63, 3.8) is 0 Å². The van der Waals surface area contributed by atoms with E-state index in [1.54, 1.807) is 6.92 Å². The number of rotatable bonds is 8. The Morgan fingerprint density at radius 2 is 2.00 bits per heavy atom. The number of tetrazole rings is 1. The topological polar surface area (TPSA) is 120 Å². The van der Waals surface area contributed by atoms with Gasteiger partial charge in [-0.15, -0.1) is 13.2 Å². The minimum absolute atomic E-state index is 0.00913. The van der Waals surface area contributed by atoms with Gasteiger partial charge in [0.25, 0.3) is 5.91 Å². The van der Waals surface area contributed by atoms with Crippen molar-refractivity contribution in [3.05, 3.63) is 22.7 Å². The molecular formula is C15H16ClF3N6O4. The van der Waals surface area contributed by atoms with Crippen LogP contribution in [0.25, 0.3) is 0 Å². The Balaban J connectivity index is 2.37. The Morgan fingerprint density at radius 1 is 1.28 bits per heavy atom. The molecule has 0 saturated carbocycles. The first kappa shape index (κ1) is 22.4. The monoisotopic (exact) mass is 436 g/mol. The third-order valence-corrected chi connectivity index (χ3v) is 3.82. The van der Waals surface area contributed by atoms with E-state index in [-0.39, 0.29) is 24.5 Å². The molecule has 2 rings (SSSR count). The van der Waals surface area contributed by atoms with Gasteiger partial charge < -0.3 is 14.8 Å². The van der Waals surface area contributed by atoms with Crippen molar-refractivity contribution < 1.29 is 32.2 Å². The van der Waals surface area contributed by atoms with Crippen molar-refractivity contribution in [2.45, 2.75) is 26.3 Å². The lowest BCUT2D eigenvalue weighted by Gasteiger charge is -2.17. The third kappa shape index (κ3) is 6.02. The molecule has 0 aliphatic carbocycles. The van der Waals surface area contributed by atoms with Crippen molar-refractivity contribution >= 4 is 35.1 Å². The predicted octanol–water partition coefficient (Wildman–Crippen LogP) is 2.47. The second kappa shape index (κ2) is 9.52. The van der Waals surface area contributed by atoms with Crippen molar-refractivity contribution in [2.24, 2.45) is 0 Å². The summed E-state index contributed by atoms with van der Waals surface area (Å²) in [6.45, 7) is 2.12. The largest absolute Gasteiger partial charge is 0.573 e. The van der Waals surface area contributed by atoms with Crippen molar-refractivity contribution in [2.75, 3.05) is 24.4 Å². The number of alkyl halides is 3. The lowest BCUT2D eigenvalue weighted by atomic mass is 10.1. The van der Waals surface area contributed by atoms with E-state index in [2.05, 4.69) is 30.9 Å². The van der Waals surface area contributed by atoms with E-state index in [0.717, 1.165) is 12.1 Å². The summed E-state index contributed by atoms with van der Waals surface area (Å²) >= 11 is 6.12. The molecule has 158 valence electrons. The van der Waals surface area contributed by atoms with Crippen LogP contribution in [0.2, 0.25) is 5.02 Å². The summed E-state index contributed by atoms with van der Waals surface area (Å²) in [5, 5.41) is 14.8. The van der Waals surface area contributed by atoms with Crippen LogP contribution < -0.4 is 15.4 Å². The molecule has 0 aliphatic rings. The molecule has 2 amide bonds. The summed E-state index contributed by atoms with van der Waals surface area (Å²) in [5.41, 5.74) is -0.735. The minimum Gasteiger partial charge on any atom is -0.404 e. The van der Waals surface area contributed by atoms with Crippen LogP contribution in [0.15, 0.2) is 12.1 Å². The van der Waals surface area contributed by atoms with Crippen LogP contribution in [-0.2, 0) is 16.1 Å². The zero-order chi connectivity index (χ0) is 21.6. The highest BCUT2D eigenvalue weighted by Crippen LogP contribution is 2.38. The molecule has 0 atom stereocenters. The number of aryl methyl sites for hydroxylation is 1. The molecule has 2 aromatic rings. The number of anilines is 2. The predicted molar refractivity (Wildman–Crippen MR) is 94.7 cm³/mol. The fraction of sp³-hybridized carbons (Fsp3) is 0.400. The van der Waals surface area contributed by atoms with E-state index in [9.17, 15) is 22.8 Å². The minimum atomic E-state index is -5.04. The van der Waals surface area contributed by atoms with Crippen LogP contribution in [0.1, 0.15) is 23.7 Å². The van der Waals surface area contributed by atoms with Gasteiger partial charge in [0.1, 0.15) is 5.69 Å². The Kier molecular flexibility index (Phi) is 7.34. The lowest BCUT2D eigenvalue weighted by Crippen LogP contribution is -2.22. The van der Waals surface area contributed by atoms with Gasteiger partial charge in [-0.05, 0) is 29.5 Å². The Bertz CT molecular complexity index is 889. The number of hydrogen-bond acceptors (Lipinski definition) is 7. The standard InChI is InChI=1S/C15H16ClF3N6O4/c1-3-25-14(22-23-24-25)21-13(27)8-4-5-9(29-15(17,18)19)12(11(8)16)20-10(26)6-7-28-2/h4-5H,3,6-7H2,1-2H3,(H,20,26)(H,21,22,24,27). The molecule has 0 bridgehead atoms. The van der Waals surface area contributed by atoms with Gasteiger partial charge in [-0.1, -0.05) is 16.7 Å². The number of halogens is 4. The average molecular weight is 437 g/mol.